The van der Waals surface area contributed by atoms with Gasteiger partial charge in [-0.1, -0.05) is 49.9 Å². The normalized spacial score (nSPS) is 10.9. The van der Waals surface area contributed by atoms with E-state index in [1.165, 1.54) is 0 Å². The minimum absolute atomic E-state index is 0.168. The number of anilines is 1. The lowest BCUT2D eigenvalue weighted by molar-refractivity contribution is 0.0951. The summed E-state index contributed by atoms with van der Waals surface area (Å²) in [5.41, 5.74) is 2.60. The topological polar surface area (TPSA) is 88.9 Å². The number of amides is 2. The molecule has 7 nitrogen and oxygen atoms in total. The molecule has 1 heterocycles. The molecule has 0 bridgehead atoms. The van der Waals surface area contributed by atoms with Crippen molar-refractivity contribution in [3.63, 3.8) is 0 Å². The summed E-state index contributed by atoms with van der Waals surface area (Å²) in [4.78, 5) is 25.2. The maximum absolute atomic E-state index is 12.7. The Labute approximate surface area is 199 Å². The van der Waals surface area contributed by atoms with Gasteiger partial charge in [-0.3, -0.25) is 9.59 Å². The lowest BCUT2D eigenvalue weighted by Crippen LogP contribution is -2.25. The Hall–Kier alpha value is -3.13. The fraction of sp³-hybridized carbons (Fsp3) is 0.360. The van der Waals surface area contributed by atoms with E-state index in [1.54, 1.807) is 36.0 Å². The van der Waals surface area contributed by atoms with Crippen molar-refractivity contribution in [3.8, 4) is 0 Å². The highest BCUT2D eigenvalue weighted by atomic mass is 32.2. The zero-order valence-electron chi connectivity index (χ0n) is 19.6. The maximum Gasteiger partial charge on any atom is 0.255 e. The smallest absolute Gasteiger partial charge is 0.255 e. The maximum atomic E-state index is 12.7. The Morgan fingerprint density at radius 1 is 1.03 bits per heavy atom. The van der Waals surface area contributed by atoms with Crippen LogP contribution in [0.5, 0.6) is 0 Å². The summed E-state index contributed by atoms with van der Waals surface area (Å²) in [5.74, 6) is 1.08. The fourth-order valence-electron chi connectivity index (χ4n) is 3.44. The quantitative estimate of drug-likeness (QED) is 0.338. The van der Waals surface area contributed by atoms with E-state index < -0.39 is 0 Å². The molecule has 2 amide bonds. The van der Waals surface area contributed by atoms with Gasteiger partial charge in [0.15, 0.2) is 5.16 Å². The van der Waals surface area contributed by atoms with E-state index in [0.29, 0.717) is 29.3 Å². The molecule has 3 rings (SSSR count). The number of hydrogen-bond acceptors (Lipinski definition) is 5. The van der Waals surface area contributed by atoms with E-state index in [-0.39, 0.29) is 11.8 Å². The van der Waals surface area contributed by atoms with Crippen LogP contribution in [0.4, 0.5) is 5.69 Å². The van der Waals surface area contributed by atoms with Crippen LogP contribution in [0.3, 0.4) is 0 Å². The van der Waals surface area contributed by atoms with Gasteiger partial charge >= 0.3 is 0 Å². The Kier molecular flexibility index (Phi) is 8.65. The van der Waals surface area contributed by atoms with Crippen molar-refractivity contribution in [2.24, 2.45) is 5.92 Å². The summed E-state index contributed by atoms with van der Waals surface area (Å²) in [7, 11) is 0. The predicted molar refractivity (Wildman–Crippen MR) is 133 cm³/mol. The molecule has 0 aliphatic carbocycles. The third-order valence-electron chi connectivity index (χ3n) is 5.17. The number of rotatable bonds is 10. The number of carbonyl (C=O) groups excluding carboxylic acids is 2. The van der Waals surface area contributed by atoms with Crippen molar-refractivity contribution < 1.29 is 9.59 Å². The zero-order chi connectivity index (χ0) is 23.8. The van der Waals surface area contributed by atoms with Crippen molar-refractivity contribution in [2.75, 3.05) is 18.1 Å². The summed E-state index contributed by atoms with van der Waals surface area (Å²) < 4.78 is 2.17. The molecule has 33 heavy (non-hydrogen) atoms. The first-order valence-electron chi connectivity index (χ1n) is 11.1. The van der Waals surface area contributed by atoms with E-state index in [0.717, 1.165) is 35.9 Å². The fourth-order valence-corrected chi connectivity index (χ4v) is 3.96. The van der Waals surface area contributed by atoms with Crippen LogP contribution in [0, 0.1) is 12.8 Å². The van der Waals surface area contributed by atoms with Crippen LogP contribution >= 0.6 is 11.8 Å². The van der Waals surface area contributed by atoms with E-state index in [2.05, 4.69) is 39.2 Å². The molecule has 1 aromatic heterocycles. The Balaban J connectivity index is 1.56. The number of nitrogens with zero attached hydrogens (tertiary/aromatic N) is 3. The summed E-state index contributed by atoms with van der Waals surface area (Å²) in [6.45, 7) is 7.66. The van der Waals surface area contributed by atoms with Crippen LogP contribution in [-0.2, 0) is 13.0 Å². The minimum atomic E-state index is -0.202. The number of carbonyl (C=O) groups is 2. The molecule has 0 spiro atoms. The molecule has 0 radical (unpaired) electrons. The Bertz CT molecular complexity index is 1100. The second kappa shape index (κ2) is 11.7. The first-order valence-corrected chi connectivity index (χ1v) is 12.3. The number of aromatic nitrogens is 3. The number of hydrogen-bond donors (Lipinski definition) is 2. The molecule has 2 aromatic carbocycles. The summed E-state index contributed by atoms with van der Waals surface area (Å²) in [5, 5.41) is 15.4. The standard InChI is InChI=1S/C25H31N5O2S/c1-17(2)16-30-22(28-29-25(30)33-4)11-8-14-26-23(31)20-13-12-18(3)21(15-20)27-24(32)19-9-6-5-7-10-19/h5-7,9-10,12-13,15,17H,8,11,14,16H2,1-4H3,(H,26,31)(H,27,32). The van der Waals surface area contributed by atoms with Gasteiger partial charge in [0.25, 0.3) is 11.8 Å². The van der Waals surface area contributed by atoms with Gasteiger partial charge < -0.3 is 15.2 Å². The molecule has 0 saturated carbocycles. The molecule has 0 fully saturated rings. The van der Waals surface area contributed by atoms with Crippen LogP contribution in [-0.4, -0.2) is 39.4 Å². The van der Waals surface area contributed by atoms with Gasteiger partial charge in [-0.25, -0.2) is 0 Å². The summed E-state index contributed by atoms with van der Waals surface area (Å²) in [6.07, 6.45) is 3.51. The average Bonchev–Trinajstić information content (AvgIpc) is 3.19. The van der Waals surface area contributed by atoms with Gasteiger partial charge in [0.2, 0.25) is 0 Å². The van der Waals surface area contributed by atoms with Crippen LogP contribution < -0.4 is 10.6 Å². The second-order valence-corrected chi connectivity index (χ2v) is 9.09. The van der Waals surface area contributed by atoms with Gasteiger partial charge in [-0.05, 0) is 55.3 Å². The first kappa shape index (κ1) is 24.5. The van der Waals surface area contributed by atoms with E-state index in [9.17, 15) is 9.59 Å². The van der Waals surface area contributed by atoms with Crippen molar-refractivity contribution >= 4 is 29.3 Å². The molecule has 3 aromatic rings. The molecule has 0 saturated heterocycles. The first-order chi connectivity index (χ1) is 15.9. The van der Waals surface area contributed by atoms with Crippen LogP contribution in [0.15, 0.2) is 53.7 Å². The SMILES string of the molecule is CSc1nnc(CCCNC(=O)c2ccc(C)c(NC(=O)c3ccccc3)c2)n1CC(C)C. The average molecular weight is 466 g/mol. The lowest BCUT2D eigenvalue weighted by atomic mass is 10.1. The van der Waals surface area contributed by atoms with Gasteiger partial charge in [0, 0.05) is 36.3 Å². The molecule has 0 atom stereocenters. The van der Waals surface area contributed by atoms with Crippen molar-refractivity contribution in [1.82, 2.24) is 20.1 Å². The highest BCUT2D eigenvalue weighted by Crippen LogP contribution is 2.19. The summed E-state index contributed by atoms with van der Waals surface area (Å²) in [6, 6.07) is 14.3. The minimum Gasteiger partial charge on any atom is -0.352 e. The highest BCUT2D eigenvalue weighted by Gasteiger charge is 2.14. The summed E-state index contributed by atoms with van der Waals surface area (Å²) >= 11 is 1.59. The Morgan fingerprint density at radius 3 is 2.48 bits per heavy atom. The third kappa shape index (κ3) is 6.68. The van der Waals surface area contributed by atoms with Crippen molar-refractivity contribution in [3.05, 3.63) is 71.0 Å². The van der Waals surface area contributed by atoms with E-state index in [1.807, 2.05) is 37.4 Å². The predicted octanol–water partition coefficient (Wildman–Crippen LogP) is 4.58. The van der Waals surface area contributed by atoms with Gasteiger partial charge in [0.05, 0.1) is 0 Å². The van der Waals surface area contributed by atoms with Crippen LogP contribution in [0.25, 0.3) is 0 Å². The second-order valence-electron chi connectivity index (χ2n) is 8.32. The van der Waals surface area contributed by atoms with Crippen LogP contribution in [0.1, 0.15) is 52.4 Å². The molecule has 0 aliphatic heterocycles. The van der Waals surface area contributed by atoms with Gasteiger partial charge in [-0.2, -0.15) is 0 Å². The number of thioether (sulfide) groups is 1. The van der Waals surface area contributed by atoms with Crippen LogP contribution in [0.2, 0.25) is 0 Å². The van der Waals surface area contributed by atoms with E-state index >= 15 is 0 Å². The molecular weight excluding hydrogens is 434 g/mol. The highest BCUT2D eigenvalue weighted by molar-refractivity contribution is 7.98. The van der Waals surface area contributed by atoms with Gasteiger partial charge in [0.1, 0.15) is 5.82 Å². The molecule has 8 heteroatoms. The molecule has 0 aliphatic rings. The lowest BCUT2D eigenvalue weighted by Gasteiger charge is -2.12. The molecule has 174 valence electrons. The number of aryl methyl sites for hydroxylation is 2. The number of nitrogens with one attached hydrogen (secondary N) is 2. The molecular formula is C25H31N5O2S. The molecule has 2 N–H and O–H groups in total. The van der Waals surface area contributed by atoms with Gasteiger partial charge in [-0.15, -0.1) is 10.2 Å². The Morgan fingerprint density at radius 2 is 1.79 bits per heavy atom. The monoisotopic (exact) mass is 465 g/mol. The van der Waals surface area contributed by atoms with Crippen molar-refractivity contribution in [2.45, 2.75) is 45.3 Å². The van der Waals surface area contributed by atoms with Crippen molar-refractivity contribution in [1.29, 1.82) is 0 Å². The third-order valence-corrected chi connectivity index (χ3v) is 5.84. The largest absolute Gasteiger partial charge is 0.352 e. The van der Waals surface area contributed by atoms with E-state index in [4.69, 9.17) is 0 Å². The number of benzene rings is 2. The zero-order valence-corrected chi connectivity index (χ0v) is 20.4. The molecule has 0 unspecified atom stereocenters.